The molecule has 0 heterocycles. The van der Waals surface area contributed by atoms with Crippen LogP contribution in [0.5, 0.6) is 0 Å². The molecule has 3 nitrogen and oxygen atoms in total. The maximum absolute atomic E-state index is 11.4. The Morgan fingerprint density at radius 3 is 2.57 bits per heavy atom. The molecule has 0 aliphatic heterocycles. The number of hydrogen-bond acceptors (Lipinski definition) is 2. The van der Waals surface area contributed by atoms with Gasteiger partial charge in [-0.3, -0.25) is 10.0 Å². The van der Waals surface area contributed by atoms with Crippen LogP contribution < -0.4 is 5.48 Å². The van der Waals surface area contributed by atoms with Gasteiger partial charge in [0.2, 0.25) is 5.91 Å². The van der Waals surface area contributed by atoms with Gasteiger partial charge in [-0.1, -0.05) is 32.6 Å². The van der Waals surface area contributed by atoms with Gasteiger partial charge in [-0.05, 0) is 25.2 Å². The molecule has 0 aromatic heterocycles. The Morgan fingerprint density at radius 1 is 1.43 bits per heavy atom. The molecule has 1 aliphatic rings. The Morgan fingerprint density at radius 2 is 2.07 bits per heavy atom. The number of carbonyl (C=O) groups excluding carboxylic acids is 1. The zero-order chi connectivity index (χ0) is 10.4. The average molecular weight is 199 g/mol. The number of hydrogen-bond donors (Lipinski definition) is 2. The van der Waals surface area contributed by atoms with E-state index in [1.807, 2.05) is 5.48 Å². The van der Waals surface area contributed by atoms with E-state index in [1.165, 1.54) is 19.3 Å². The number of carbonyl (C=O) groups is 1. The fourth-order valence-electron chi connectivity index (χ4n) is 2.51. The molecule has 0 bridgehead atoms. The Balaban J connectivity index is 2.50. The molecule has 2 N–H and O–H groups in total. The van der Waals surface area contributed by atoms with Gasteiger partial charge in [-0.2, -0.15) is 0 Å². The van der Waals surface area contributed by atoms with Gasteiger partial charge in [0.15, 0.2) is 0 Å². The van der Waals surface area contributed by atoms with Crippen molar-refractivity contribution in [3.63, 3.8) is 0 Å². The molecule has 1 unspecified atom stereocenters. The first-order chi connectivity index (χ1) is 6.79. The summed E-state index contributed by atoms with van der Waals surface area (Å²) in [4.78, 5) is 11.4. The quantitative estimate of drug-likeness (QED) is 0.540. The van der Waals surface area contributed by atoms with E-state index in [0.717, 1.165) is 25.7 Å². The average Bonchev–Trinajstić information content (AvgIpc) is 2.26. The predicted octanol–water partition coefficient (Wildman–Crippen LogP) is 2.49. The number of rotatable bonds is 4. The zero-order valence-electron chi connectivity index (χ0n) is 8.96. The van der Waals surface area contributed by atoms with Crippen molar-refractivity contribution in [1.82, 2.24) is 5.48 Å². The minimum atomic E-state index is -0.182. The number of nitrogens with one attached hydrogen (secondary N) is 1. The van der Waals surface area contributed by atoms with Crippen LogP contribution in [0.2, 0.25) is 0 Å². The smallest absolute Gasteiger partial charge is 0.246 e. The molecular formula is C11H21NO2. The lowest BCUT2D eigenvalue weighted by Crippen LogP contribution is -2.34. The first-order valence-corrected chi connectivity index (χ1v) is 5.73. The minimum Gasteiger partial charge on any atom is -0.289 e. The molecule has 82 valence electrons. The summed E-state index contributed by atoms with van der Waals surface area (Å²) in [6.07, 6.45) is 7.99. The predicted molar refractivity (Wildman–Crippen MR) is 54.9 cm³/mol. The molecule has 1 aliphatic carbocycles. The summed E-state index contributed by atoms with van der Waals surface area (Å²) in [5, 5.41) is 8.66. The number of hydroxylamine groups is 1. The molecule has 0 radical (unpaired) electrons. The summed E-state index contributed by atoms with van der Waals surface area (Å²) in [6.45, 7) is 2.08. The van der Waals surface area contributed by atoms with Gasteiger partial charge in [-0.25, -0.2) is 5.48 Å². The van der Waals surface area contributed by atoms with Crippen LogP contribution in [0, 0.1) is 11.8 Å². The van der Waals surface area contributed by atoms with Gasteiger partial charge in [0.05, 0.1) is 0 Å². The highest BCUT2D eigenvalue weighted by Crippen LogP contribution is 2.32. The summed E-state index contributed by atoms with van der Waals surface area (Å²) >= 11 is 0. The van der Waals surface area contributed by atoms with Crippen LogP contribution in [0.3, 0.4) is 0 Å². The van der Waals surface area contributed by atoms with Crippen molar-refractivity contribution in [2.75, 3.05) is 0 Å². The first-order valence-electron chi connectivity index (χ1n) is 5.73. The topological polar surface area (TPSA) is 49.3 Å². The highest BCUT2D eigenvalue weighted by Gasteiger charge is 2.28. The van der Waals surface area contributed by atoms with Gasteiger partial charge in [0, 0.05) is 5.92 Å². The van der Waals surface area contributed by atoms with E-state index in [0.29, 0.717) is 5.92 Å². The summed E-state index contributed by atoms with van der Waals surface area (Å²) < 4.78 is 0. The summed E-state index contributed by atoms with van der Waals surface area (Å²) in [5.74, 6) is 0.347. The summed E-state index contributed by atoms with van der Waals surface area (Å²) in [6, 6.07) is 0. The van der Waals surface area contributed by atoms with E-state index in [1.54, 1.807) is 0 Å². The van der Waals surface area contributed by atoms with Crippen molar-refractivity contribution in [2.24, 2.45) is 11.8 Å². The minimum absolute atomic E-state index is 0.0327. The van der Waals surface area contributed by atoms with Crippen LogP contribution in [0.25, 0.3) is 0 Å². The van der Waals surface area contributed by atoms with Gasteiger partial charge in [0.1, 0.15) is 0 Å². The highest BCUT2D eigenvalue weighted by molar-refractivity contribution is 5.77. The van der Waals surface area contributed by atoms with E-state index in [-0.39, 0.29) is 11.8 Å². The largest absolute Gasteiger partial charge is 0.289 e. The lowest BCUT2D eigenvalue weighted by Gasteiger charge is -2.28. The van der Waals surface area contributed by atoms with Crippen LogP contribution in [0.15, 0.2) is 0 Å². The molecule has 1 fully saturated rings. The molecule has 0 saturated heterocycles. The zero-order valence-corrected chi connectivity index (χ0v) is 8.96. The van der Waals surface area contributed by atoms with Crippen LogP contribution >= 0.6 is 0 Å². The summed E-state index contributed by atoms with van der Waals surface area (Å²) in [5.41, 5.74) is 1.81. The van der Waals surface area contributed by atoms with E-state index in [9.17, 15) is 4.79 Å². The van der Waals surface area contributed by atoms with Crippen LogP contribution in [-0.2, 0) is 4.79 Å². The monoisotopic (exact) mass is 199 g/mol. The van der Waals surface area contributed by atoms with Crippen molar-refractivity contribution in [3.8, 4) is 0 Å². The third-order valence-electron chi connectivity index (χ3n) is 3.27. The van der Waals surface area contributed by atoms with Gasteiger partial charge in [0.25, 0.3) is 0 Å². The fourth-order valence-corrected chi connectivity index (χ4v) is 2.51. The molecule has 0 aromatic rings. The van der Waals surface area contributed by atoms with Crippen molar-refractivity contribution < 1.29 is 10.0 Å². The standard InChI is InChI=1S/C11H21NO2/c1-2-6-10(11(13)12-14)9-7-4-3-5-8-9/h9-10,14H,2-8H2,1H3,(H,12,13). The SMILES string of the molecule is CCCC(C(=O)NO)C1CCCCC1. The van der Waals surface area contributed by atoms with Gasteiger partial charge in [-0.15, -0.1) is 0 Å². The highest BCUT2D eigenvalue weighted by atomic mass is 16.5. The maximum Gasteiger partial charge on any atom is 0.246 e. The fraction of sp³-hybridized carbons (Fsp3) is 0.909. The van der Waals surface area contributed by atoms with Crippen molar-refractivity contribution in [3.05, 3.63) is 0 Å². The van der Waals surface area contributed by atoms with Crippen LogP contribution in [-0.4, -0.2) is 11.1 Å². The molecule has 0 spiro atoms. The molecule has 1 atom stereocenters. The van der Waals surface area contributed by atoms with Gasteiger partial charge >= 0.3 is 0 Å². The van der Waals surface area contributed by atoms with Crippen molar-refractivity contribution in [2.45, 2.75) is 51.9 Å². The molecule has 1 saturated carbocycles. The first kappa shape index (κ1) is 11.5. The molecular weight excluding hydrogens is 178 g/mol. The second-order valence-corrected chi connectivity index (χ2v) is 4.27. The van der Waals surface area contributed by atoms with Crippen LogP contribution in [0.4, 0.5) is 0 Å². The van der Waals surface area contributed by atoms with Crippen molar-refractivity contribution in [1.29, 1.82) is 0 Å². The lowest BCUT2D eigenvalue weighted by molar-refractivity contribution is -0.136. The lowest BCUT2D eigenvalue weighted by atomic mass is 9.78. The normalized spacial score (nSPS) is 20.4. The second-order valence-electron chi connectivity index (χ2n) is 4.27. The molecule has 14 heavy (non-hydrogen) atoms. The molecule has 3 heteroatoms. The Kier molecular flexibility index (Phi) is 4.94. The Labute approximate surface area is 85.8 Å². The van der Waals surface area contributed by atoms with E-state index >= 15 is 0 Å². The molecule has 1 rings (SSSR count). The van der Waals surface area contributed by atoms with Crippen molar-refractivity contribution >= 4 is 5.91 Å². The van der Waals surface area contributed by atoms with E-state index < -0.39 is 0 Å². The molecule has 0 aromatic carbocycles. The van der Waals surface area contributed by atoms with E-state index in [2.05, 4.69) is 6.92 Å². The Bertz CT molecular complexity index is 176. The van der Waals surface area contributed by atoms with E-state index in [4.69, 9.17) is 5.21 Å². The number of amides is 1. The molecule has 1 amide bonds. The third kappa shape index (κ3) is 2.98. The van der Waals surface area contributed by atoms with Gasteiger partial charge < -0.3 is 0 Å². The maximum atomic E-state index is 11.4. The Hall–Kier alpha value is -0.570. The third-order valence-corrected chi connectivity index (χ3v) is 3.27. The summed E-state index contributed by atoms with van der Waals surface area (Å²) in [7, 11) is 0. The second kappa shape index (κ2) is 6.02. The van der Waals surface area contributed by atoms with Crippen LogP contribution in [0.1, 0.15) is 51.9 Å².